The molecule has 20 heavy (non-hydrogen) atoms. The van der Waals surface area contributed by atoms with Crippen LogP contribution in [-0.4, -0.2) is 14.1 Å². The molecule has 2 nitrogen and oxygen atoms in total. The second-order valence-corrected chi connectivity index (χ2v) is 6.30. The Bertz CT molecular complexity index is 582. The number of hydrogen-bond acceptors (Lipinski definition) is 2. The highest BCUT2D eigenvalue weighted by atomic mass is 79.9. The van der Waals surface area contributed by atoms with Gasteiger partial charge in [0.15, 0.2) is 0 Å². The standard InChI is InChI=1S/C16H18BrClN2/c1-11(12-4-7-14(8-5-12)20(2)3)19-16-9-6-13(17)10-15(16)18/h4-11,19H,1-3H3. The Labute approximate surface area is 133 Å². The summed E-state index contributed by atoms with van der Waals surface area (Å²) in [7, 11) is 4.08. The predicted molar refractivity (Wildman–Crippen MR) is 92.0 cm³/mol. The van der Waals surface area contributed by atoms with Crippen molar-refractivity contribution >= 4 is 38.9 Å². The Morgan fingerprint density at radius 2 is 1.75 bits per heavy atom. The molecule has 0 aliphatic carbocycles. The maximum atomic E-state index is 6.23. The molecule has 2 aromatic rings. The number of nitrogens with zero attached hydrogens (tertiary/aromatic N) is 1. The van der Waals surface area contributed by atoms with E-state index in [1.54, 1.807) is 0 Å². The van der Waals surface area contributed by atoms with Crippen LogP contribution in [0.5, 0.6) is 0 Å². The van der Waals surface area contributed by atoms with Crippen molar-refractivity contribution in [2.75, 3.05) is 24.3 Å². The van der Waals surface area contributed by atoms with E-state index in [0.717, 1.165) is 15.2 Å². The van der Waals surface area contributed by atoms with Crippen molar-refractivity contribution in [2.24, 2.45) is 0 Å². The zero-order chi connectivity index (χ0) is 14.7. The van der Waals surface area contributed by atoms with Crippen molar-refractivity contribution in [2.45, 2.75) is 13.0 Å². The van der Waals surface area contributed by atoms with Crippen molar-refractivity contribution in [1.82, 2.24) is 0 Å². The van der Waals surface area contributed by atoms with Gasteiger partial charge in [-0.25, -0.2) is 0 Å². The molecular formula is C16H18BrClN2. The van der Waals surface area contributed by atoms with Gasteiger partial charge in [-0.3, -0.25) is 0 Å². The van der Waals surface area contributed by atoms with Gasteiger partial charge in [-0.2, -0.15) is 0 Å². The van der Waals surface area contributed by atoms with E-state index in [1.807, 2.05) is 32.3 Å². The van der Waals surface area contributed by atoms with Crippen LogP contribution in [-0.2, 0) is 0 Å². The third kappa shape index (κ3) is 3.68. The number of nitrogens with one attached hydrogen (secondary N) is 1. The second kappa shape index (κ2) is 6.51. The summed E-state index contributed by atoms with van der Waals surface area (Å²) in [6, 6.07) is 14.6. The molecule has 1 unspecified atom stereocenters. The highest BCUT2D eigenvalue weighted by Gasteiger charge is 2.08. The van der Waals surface area contributed by atoms with Gasteiger partial charge >= 0.3 is 0 Å². The maximum Gasteiger partial charge on any atom is 0.0648 e. The number of halogens is 2. The average Bonchev–Trinajstić information content (AvgIpc) is 2.42. The minimum atomic E-state index is 0.199. The lowest BCUT2D eigenvalue weighted by atomic mass is 10.1. The maximum absolute atomic E-state index is 6.23. The molecule has 1 atom stereocenters. The summed E-state index contributed by atoms with van der Waals surface area (Å²) in [5, 5.41) is 4.15. The zero-order valence-electron chi connectivity index (χ0n) is 11.8. The van der Waals surface area contributed by atoms with Crippen LogP contribution in [0.2, 0.25) is 5.02 Å². The first-order chi connectivity index (χ1) is 9.47. The third-order valence-corrected chi connectivity index (χ3v) is 4.02. The zero-order valence-corrected chi connectivity index (χ0v) is 14.2. The molecular weight excluding hydrogens is 336 g/mol. The molecule has 0 radical (unpaired) electrons. The largest absolute Gasteiger partial charge is 0.378 e. The van der Waals surface area contributed by atoms with E-state index in [0.29, 0.717) is 0 Å². The summed E-state index contributed by atoms with van der Waals surface area (Å²) in [5.41, 5.74) is 3.37. The monoisotopic (exact) mass is 352 g/mol. The van der Waals surface area contributed by atoms with Gasteiger partial charge in [-0.05, 0) is 42.8 Å². The summed E-state index contributed by atoms with van der Waals surface area (Å²) < 4.78 is 0.982. The quantitative estimate of drug-likeness (QED) is 0.798. The highest BCUT2D eigenvalue weighted by molar-refractivity contribution is 9.10. The SMILES string of the molecule is CC(Nc1ccc(Br)cc1Cl)c1ccc(N(C)C)cc1. The normalized spacial score (nSPS) is 12.1. The lowest BCUT2D eigenvalue weighted by molar-refractivity contribution is 0.884. The van der Waals surface area contributed by atoms with E-state index >= 15 is 0 Å². The summed E-state index contributed by atoms with van der Waals surface area (Å²) in [6.45, 7) is 2.13. The lowest BCUT2D eigenvalue weighted by Gasteiger charge is -2.18. The fraction of sp³-hybridized carbons (Fsp3) is 0.250. The second-order valence-electron chi connectivity index (χ2n) is 4.98. The number of hydrogen-bond donors (Lipinski definition) is 1. The minimum Gasteiger partial charge on any atom is -0.378 e. The summed E-state index contributed by atoms with van der Waals surface area (Å²) >= 11 is 9.64. The molecule has 0 saturated carbocycles. The van der Waals surface area contributed by atoms with Crippen molar-refractivity contribution in [3.8, 4) is 0 Å². The van der Waals surface area contributed by atoms with Gasteiger partial charge < -0.3 is 10.2 Å². The first-order valence-electron chi connectivity index (χ1n) is 6.46. The van der Waals surface area contributed by atoms with Gasteiger partial charge in [0.1, 0.15) is 0 Å². The van der Waals surface area contributed by atoms with Gasteiger partial charge in [-0.15, -0.1) is 0 Å². The van der Waals surface area contributed by atoms with Crippen molar-refractivity contribution in [3.05, 3.63) is 57.5 Å². The first kappa shape index (κ1) is 15.2. The molecule has 0 heterocycles. The van der Waals surface area contributed by atoms with E-state index in [1.165, 1.54) is 11.3 Å². The molecule has 0 aliphatic rings. The topological polar surface area (TPSA) is 15.3 Å². The van der Waals surface area contributed by atoms with Crippen molar-refractivity contribution in [3.63, 3.8) is 0 Å². The molecule has 1 N–H and O–H groups in total. The molecule has 2 aromatic carbocycles. The minimum absolute atomic E-state index is 0.199. The average molecular weight is 354 g/mol. The molecule has 0 spiro atoms. The molecule has 0 aliphatic heterocycles. The van der Waals surface area contributed by atoms with Crippen LogP contribution in [0, 0.1) is 0 Å². The van der Waals surface area contributed by atoms with Crippen LogP contribution in [0.15, 0.2) is 46.9 Å². The molecule has 0 aromatic heterocycles. The van der Waals surface area contributed by atoms with Gasteiger partial charge in [0.25, 0.3) is 0 Å². The lowest BCUT2D eigenvalue weighted by Crippen LogP contribution is -2.10. The Balaban J connectivity index is 2.13. The van der Waals surface area contributed by atoms with E-state index < -0.39 is 0 Å². The van der Waals surface area contributed by atoms with Crippen LogP contribution in [0.25, 0.3) is 0 Å². The highest BCUT2D eigenvalue weighted by Crippen LogP contribution is 2.29. The summed E-state index contributed by atoms with van der Waals surface area (Å²) in [4.78, 5) is 2.09. The van der Waals surface area contributed by atoms with Crippen LogP contribution in [0.3, 0.4) is 0 Å². The van der Waals surface area contributed by atoms with Gasteiger partial charge in [0.2, 0.25) is 0 Å². The predicted octanol–water partition coefficient (Wildman–Crippen LogP) is 5.34. The Hall–Kier alpha value is -1.19. The van der Waals surface area contributed by atoms with Crippen LogP contribution in [0.1, 0.15) is 18.5 Å². The first-order valence-corrected chi connectivity index (χ1v) is 7.63. The third-order valence-electron chi connectivity index (χ3n) is 3.21. The van der Waals surface area contributed by atoms with Crippen LogP contribution in [0.4, 0.5) is 11.4 Å². The van der Waals surface area contributed by atoms with Crippen molar-refractivity contribution < 1.29 is 0 Å². The summed E-state index contributed by atoms with van der Waals surface area (Å²) in [5.74, 6) is 0. The van der Waals surface area contributed by atoms with E-state index in [9.17, 15) is 0 Å². The number of benzene rings is 2. The molecule has 106 valence electrons. The Morgan fingerprint density at radius 1 is 1.10 bits per heavy atom. The molecule has 0 fully saturated rings. The fourth-order valence-corrected chi connectivity index (χ4v) is 2.71. The van der Waals surface area contributed by atoms with E-state index in [4.69, 9.17) is 11.6 Å². The van der Waals surface area contributed by atoms with Crippen LogP contribution >= 0.6 is 27.5 Å². The summed E-state index contributed by atoms with van der Waals surface area (Å²) in [6.07, 6.45) is 0. The number of anilines is 2. The molecule has 2 rings (SSSR count). The van der Waals surface area contributed by atoms with Gasteiger partial charge in [0.05, 0.1) is 10.7 Å². The Morgan fingerprint density at radius 3 is 2.30 bits per heavy atom. The Kier molecular flexibility index (Phi) is 4.95. The van der Waals surface area contributed by atoms with Crippen molar-refractivity contribution in [1.29, 1.82) is 0 Å². The smallest absolute Gasteiger partial charge is 0.0648 e. The van der Waals surface area contributed by atoms with E-state index in [2.05, 4.69) is 57.3 Å². The number of rotatable bonds is 4. The van der Waals surface area contributed by atoms with Crippen LogP contribution < -0.4 is 10.2 Å². The fourth-order valence-electron chi connectivity index (χ4n) is 1.98. The van der Waals surface area contributed by atoms with E-state index in [-0.39, 0.29) is 6.04 Å². The molecule has 0 saturated heterocycles. The molecule has 0 amide bonds. The van der Waals surface area contributed by atoms with Gasteiger partial charge in [0, 0.05) is 30.3 Å². The molecule has 0 bridgehead atoms. The van der Waals surface area contributed by atoms with Gasteiger partial charge in [-0.1, -0.05) is 39.7 Å². The molecule has 4 heteroatoms.